The number of ether oxygens (including phenoxy) is 1. The lowest BCUT2D eigenvalue weighted by Crippen LogP contribution is -2.33. The van der Waals surface area contributed by atoms with E-state index in [-0.39, 0.29) is 11.2 Å². The molecule has 0 saturated carbocycles. The molecule has 0 bridgehead atoms. The summed E-state index contributed by atoms with van der Waals surface area (Å²) in [7, 11) is 1.60. The summed E-state index contributed by atoms with van der Waals surface area (Å²) in [5.41, 5.74) is 0. The van der Waals surface area contributed by atoms with Gasteiger partial charge in [0.05, 0.1) is 18.4 Å². The Morgan fingerprint density at radius 2 is 2.30 bits per heavy atom. The molecule has 0 radical (unpaired) electrons. The molecule has 0 aliphatic carbocycles. The summed E-state index contributed by atoms with van der Waals surface area (Å²) < 4.78 is 6.59. The van der Waals surface area contributed by atoms with E-state index >= 15 is 0 Å². The summed E-state index contributed by atoms with van der Waals surface area (Å²) in [6.45, 7) is 7.26. The van der Waals surface area contributed by atoms with Gasteiger partial charge in [-0.25, -0.2) is 4.68 Å². The molecule has 1 heterocycles. The molecule has 2 N–H and O–H groups in total. The van der Waals surface area contributed by atoms with E-state index in [1.807, 2.05) is 13.8 Å². The zero-order chi connectivity index (χ0) is 14.8. The Morgan fingerprint density at radius 1 is 1.50 bits per heavy atom. The largest absolute Gasteiger partial charge is 0.383 e. The van der Waals surface area contributed by atoms with Crippen molar-refractivity contribution in [2.45, 2.75) is 30.8 Å². The first kappa shape index (κ1) is 16.9. The van der Waals surface area contributed by atoms with Gasteiger partial charge in [0.25, 0.3) is 0 Å². The number of tetrazole rings is 1. The van der Waals surface area contributed by atoms with Crippen molar-refractivity contribution in [2.24, 2.45) is 0 Å². The van der Waals surface area contributed by atoms with Gasteiger partial charge in [0.15, 0.2) is 0 Å². The van der Waals surface area contributed by atoms with E-state index in [4.69, 9.17) is 4.74 Å². The van der Waals surface area contributed by atoms with Gasteiger partial charge in [-0.15, -0.1) is 5.10 Å². The van der Waals surface area contributed by atoms with Crippen molar-refractivity contribution in [3.8, 4) is 0 Å². The van der Waals surface area contributed by atoms with Crippen molar-refractivity contribution < 1.29 is 9.53 Å². The third-order valence-electron chi connectivity index (χ3n) is 2.51. The van der Waals surface area contributed by atoms with Crippen molar-refractivity contribution in [1.82, 2.24) is 30.8 Å². The van der Waals surface area contributed by atoms with Crippen LogP contribution in [0.4, 0.5) is 0 Å². The highest BCUT2D eigenvalue weighted by Gasteiger charge is 2.17. The molecule has 1 unspecified atom stereocenters. The number of carbonyl (C=O) groups excluding carboxylic acids is 1. The molecule has 1 atom stereocenters. The summed E-state index contributed by atoms with van der Waals surface area (Å²) >= 11 is 1.35. The van der Waals surface area contributed by atoms with Crippen molar-refractivity contribution in [2.75, 3.05) is 33.4 Å². The molecular formula is C11H22N6O2S. The minimum atomic E-state index is -0.254. The number of rotatable bonds is 10. The molecule has 0 saturated heterocycles. The predicted octanol–water partition coefficient (Wildman–Crippen LogP) is -0.474. The second-order valence-electron chi connectivity index (χ2n) is 4.08. The number of hydrogen-bond acceptors (Lipinski definition) is 7. The van der Waals surface area contributed by atoms with Crippen LogP contribution in [0.5, 0.6) is 0 Å². The van der Waals surface area contributed by atoms with E-state index in [2.05, 4.69) is 26.2 Å². The molecular weight excluding hydrogens is 280 g/mol. The van der Waals surface area contributed by atoms with Crippen molar-refractivity contribution in [3.63, 3.8) is 0 Å². The number of nitrogens with one attached hydrogen (secondary N) is 2. The van der Waals surface area contributed by atoms with Gasteiger partial charge in [0, 0.05) is 20.2 Å². The lowest BCUT2D eigenvalue weighted by atomic mass is 10.4. The zero-order valence-corrected chi connectivity index (χ0v) is 12.9. The summed E-state index contributed by atoms with van der Waals surface area (Å²) in [5.74, 6) is -0.0479. The Kier molecular flexibility index (Phi) is 8.16. The average molecular weight is 302 g/mol. The Bertz CT molecular complexity index is 400. The molecule has 1 rings (SSSR count). The maximum atomic E-state index is 11.8. The molecule has 114 valence electrons. The standard InChI is InChI=1S/C11H22N6O2S/c1-4-12-5-7-17-11(14-15-16-17)20-9(2)10(18)13-6-8-19-3/h9,12H,4-8H2,1-3H3,(H,13,18). The SMILES string of the molecule is CCNCCn1nnnc1SC(C)C(=O)NCCOC. The van der Waals surface area contributed by atoms with Crippen LogP contribution in [0.2, 0.25) is 0 Å². The maximum Gasteiger partial charge on any atom is 0.233 e. The van der Waals surface area contributed by atoms with E-state index in [0.717, 1.165) is 13.1 Å². The first-order valence-corrected chi connectivity index (χ1v) is 7.47. The predicted molar refractivity (Wildman–Crippen MR) is 76.6 cm³/mol. The van der Waals surface area contributed by atoms with Crippen LogP contribution < -0.4 is 10.6 Å². The highest BCUT2D eigenvalue weighted by Crippen LogP contribution is 2.19. The van der Waals surface area contributed by atoms with E-state index in [0.29, 0.717) is 24.9 Å². The smallest absolute Gasteiger partial charge is 0.233 e. The maximum absolute atomic E-state index is 11.8. The van der Waals surface area contributed by atoms with Gasteiger partial charge in [-0.05, 0) is 23.9 Å². The molecule has 0 spiro atoms. The van der Waals surface area contributed by atoms with E-state index in [9.17, 15) is 4.79 Å². The number of thioether (sulfide) groups is 1. The van der Waals surface area contributed by atoms with Crippen LogP contribution in [-0.2, 0) is 16.1 Å². The second-order valence-corrected chi connectivity index (χ2v) is 5.39. The van der Waals surface area contributed by atoms with Crippen molar-refractivity contribution in [1.29, 1.82) is 0 Å². The molecule has 8 nitrogen and oxygen atoms in total. The van der Waals surface area contributed by atoms with Gasteiger partial charge in [-0.1, -0.05) is 18.7 Å². The second kappa shape index (κ2) is 9.67. The first-order valence-electron chi connectivity index (χ1n) is 6.59. The molecule has 0 aromatic carbocycles. The molecule has 20 heavy (non-hydrogen) atoms. The normalized spacial score (nSPS) is 12.3. The summed E-state index contributed by atoms with van der Waals surface area (Å²) in [6.07, 6.45) is 0. The lowest BCUT2D eigenvalue weighted by molar-refractivity contribution is -0.120. The van der Waals surface area contributed by atoms with E-state index in [1.54, 1.807) is 11.8 Å². The van der Waals surface area contributed by atoms with Gasteiger partial charge >= 0.3 is 0 Å². The highest BCUT2D eigenvalue weighted by molar-refractivity contribution is 8.00. The monoisotopic (exact) mass is 302 g/mol. The minimum Gasteiger partial charge on any atom is -0.383 e. The highest BCUT2D eigenvalue weighted by atomic mass is 32.2. The Balaban J connectivity index is 2.42. The van der Waals surface area contributed by atoms with Crippen LogP contribution in [0, 0.1) is 0 Å². The third-order valence-corrected chi connectivity index (χ3v) is 3.58. The topological polar surface area (TPSA) is 94.0 Å². The van der Waals surface area contributed by atoms with Gasteiger partial charge in [-0.2, -0.15) is 0 Å². The van der Waals surface area contributed by atoms with Crippen molar-refractivity contribution >= 4 is 17.7 Å². The van der Waals surface area contributed by atoms with Crippen LogP contribution in [-0.4, -0.2) is 64.7 Å². The van der Waals surface area contributed by atoms with Crippen molar-refractivity contribution in [3.05, 3.63) is 0 Å². The Labute approximate surface area is 123 Å². The van der Waals surface area contributed by atoms with Gasteiger partial charge in [0.2, 0.25) is 11.1 Å². The van der Waals surface area contributed by atoms with Crippen LogP contribution in [0.15, 0.2) is 5.16 Å². The quantitative estimate of drug-likeness (QED) is 0.445. The number of carbonyl (C=O) groups is 1. The first-order chi connectivity index (χ1) is 9.69. The van der Waals surface area contributed by atoms with Gasteiger partial charge in [0.1, 0.15) is 0 Å². The molecule has 1 amide bonds. The summed E-state index contributed by atoms with van der Waals surface area (Å²) in [4.78, 5) is 11.8. The minimum absolute atomic E-state index is 0.0479. The fourth-order valence-electron chi connectivity index (χ4n) is 1.41. The average Bonchev–Trinajstić information content (AvgIpc) is 2.86. The van der Waals surface area contributed by atoms with Gasteiger partial charge in [-0.3, -0.25) is 4.79 Å². The van der Waals surface area contributed by atoms with Crippen LogP contribution in [0.1, 0.15) is 13.8 Å². The number of methoxy groups -OCH3 is 1. The molecule has 0 aliphatic rings. The van der Waals surface area contributed by atoms with Crippen LogP contribution >= 0.6 is 11.8 Å². The summed E-state index contributed by atoms with van der Waals surface area (Å²) in [5, 5.41) is 17.9. The van der Waals surface area contributed by atoms with Crippen LogP contribution in [0.3, 0.4) is 0 Å². The van der Waals surface area contributed by atoms with E-state index < -0.39 is 0 Å². The molecule has 0 fully saturated rings. The Hall–Kier alpha value is -1.19. The zero-order valence-electron chi connectivity index (χ0n) is 12.1. The molecule has 1 aromatic heterocycles. The van der Waals surface area contributed by atoms with Crippen LogP contribution in [0.25, 0.3) is 0 Å². The number of aromatic nitrogens is 4. The third kappa shape index (κ3) is 5.85. The fourth-order valence-corrected chi connectivity index (χ4v) is 2.25. The fraction of sp³-hybridized carbons (Fsp3) is 0.818. The van der Waals surface area contributed by atoms with E-state index in [1.165, 1.54) is 11.8 Å². The lowest BCUT2D eigenvalue weighted by Gasteiger charge is -2.11. The summed E-state index contributed by atoms with van der Waals surface area (Å²) in [6, 6.07) is 0. The number of hydrogen-bond donors (Lipinski definition) is 2. The van der Waals surface area contributed by atoms with Gasteiger partial charge < -0.3 is 15.4 Å². The molecule has 0 aliphatic heterocycles. The number of amides is 1. The number of likely N-dealkylation sites (N-methyl/N-ethyl adjacent to an activating group) is 1. The number of nitrogens with zero attached hydrogens (tertiary/aromatic N) is 4. The Morgan fingerprint density at radius 3 is 3.00 bits per heavy atom. The molecule has 1 aromatic rings. The molecule has 9 heteroatoms.